The fourth-order valence-electron chi connectivity index (χ4n) is 1.09. The Balaban J connectivity index is 0.00000361. The lowest BCUT2D eigenvalue weighted by atomic mass is 10.2. The molecule has 0 spiro atoms. The van der Waals surface area contributed by atoms with Crippen molar-refractivity contribution in [3.8, 4) is 5.75 Å². The minimum atomic E-state index is -0.988. The maximum Gasteiger partial charge on any atom is 0.337 e. The zero-order valence-corrected chi connectivity index (χ0v) is 11.7. The third-order valence-corrected chi connectivity index (χ3v) is 2.07. The van der Waals surface area contributed by atoms with Crippen molar-refractivity contribution < 1.29 is 24.2 Å². The molecule has 0 saturated carbocycles. The molecule has 0 aliphatic rings. The maximum absolute atomic E-state index is 11.0. The summed E-state index contributed by atoms with van der Waals surface area (Å²) in [6.07, 6.45) is 2.74. The van der Waals surface area contributed by atoms with Gasteiger partial charge in [0, 0.05) is 5.57 Å². The highest BCUT2D eigenvalue weighted by molar-refractivity contribution is 5.87. The van der Waals surface area contributed by atoms with Gasteiger partial charge in [0.05, 0.1) is 11.8 Å². The van der Waals surface area contributed by atoms with Gasteiger partial charge in [-0.15, -0.1) is 12.4 Å². The van der Waals surface area contributed by atoms with Gasteiger partial charge in [-0.25, -0.2) is 9.59 Å². The van der Waals surface area contributed by atoms with Crippen LogP contribution in [0.2, 0.25) is 0 Å². The highest BCUT2D eigenvalue weighted by atomic mass is 35.5. The molecule has 0 heterocycles. The largest absolute Gasteiger partial charge is 0.489 e. The monoisotopic (exact) mass is 298 g/mol. The van der Waals surface area contributed by atoms with E-state index < -0.39 is 11.9 Å². The third-order valence-electron chi connectivity index (χ3n) is 2.07. The highest BCUT2D eigenvalue weighted by Crippen LogP contribution is 2.12. The summed E-state index contributed by atoms with van der Waals surface area (Å²) in [4.78, 5) is 21.6. The number of carbonyl (C=O) groups excluding carboxylic acids is 1. The molecule has 1 N–H and O–H groups in total. The fourth-order valence-corrected chi connectivity index (χ4v) is 1.09. The van der Waals surface area contributed by atoms with Gasteiger partial charge < -0.3 is 14.6 Å². The topological polar surface area (TPSA) is 72.8 Å². The number of halogens is 1. The van der Waals surface area contributed by atoms with Crippen molar-refractivity contribution >= 4 is 24.3 Å². The Morgan fingerprint density at radius 1 is 1.30 bits per heavy atom. The first-order valence-electron chi connectivity index (χ1n) is 5.48. The van der Waals surface area contributed by atoms with Gasteiger partial charge in [0.1, 0.15) is 12.4 Å². The molecule has 0 amide bonds. The molecule has 0 unspecified atom stereocenters. The fraction of sp³-hybridized carbons (Fsp3) is 0.143. The van der Waals surface area contributed by atoms with E-state index in [0.29, 0.717) is 11.3 Å². The average molecular weight is 299 g/mol. The SMILES string of the molecule is C=C(C)C(=O)OC=CCOc1ccc(C(=O)O)cc1.Cl. The summed E-state index contributed by atoms with van der Waals surface area (Å²) in [5.41, 5.74) is 0.508. The molecule has 0 radical (unpaired) electrons. The Morgan fingerprint density at radius 2 is 1.90 bits per heavy atom. The number of rotatable bonds is 6. The van der Waals surface area contributed by atoms with Crippen molar-refractivity contribution in [1.29, 1.82) is 0 Å². The van der Waals surface area contributed by atoms with Gasteiger partial charge >= 0.3 is 11.9 Å². The minimum Gasteiger partial charge on any atom is -0.489 e. The number of hydrogen-bond acceptors (Lipinski definition) is 4. The second kappa shape index (κ2) is 8.77. The Morgan fingerprint density at radius 3 is 2.40 bits per heavy atom. The van der Waals surface area contributed by atoms with Gasteiger partial charge in [0.2, 0.25) is 0 Å². The molecule has 0 aliphatic carbocycles. The molecule has 0 bridgehead atoms. The van der Waals surface area contributed by atoms with Crippen LogP contribution in [-0.4, -0.2) is 23.7 Å². The minimum absolute atomic E-state index is 0. The summed E-state index contributed by atoms with van der Waals surface area (Å²) in [5.74, 6) is -0.957. The third kappa shape index (κ3) is 6.06. The van der Waals surface area contributed by atoms with E-state index in [0.717, 1.165) is 0 Å². The molecule has 20 heavy (non-hydrogen) atoms. The summed E-state index contributed by atoms with van der Waals surface area (Å²) in [5, 5.41) is 8.71. The van der Waals surface area contributed by atoms with Crippen LogP contribution in [-0.2, 0) is 9.53 Å². The number of aromatic carboxylic acids is 1. The second-order valence-electron chi connectivity index (χ2n) is 3.70. The van der Waals surface area contributed by atoms with Crippen molar-refractivity contribution in [2.75, 3.05) is 6.61 Å². The van der Waals surface area contributed by atoms with Crippen molar-refractivity contribution in [2.24, 2.45) is 0 Å². The molecule has 6 heteroatoms. The molecule has 0 atom stereocenters. The maximum atomic E-state index is 11.0. The quantitative estimate of drug-likeness (QED) is 0.497. The number of carboxylic acids is 1. The Bertz CT molecular complexity index is 505. The van der Waals surface area contributed by atoms with Crippen LogP contribution in [0.1, 0.15) is 17.3 Å². The molecular formula is C14H15ClO5. The van der Waals surface area contributed by atoms with Crippen LogP contribution in [0.5, 0.6) is 5.75 Å². The second-order valence-corrected chi connectivity index (χ2v) is 3.70. The van der Waals surface area contributed by atoms with E-state index in [9.17, 15) is 9.59 Å². The van der Waals surface area contributed by atoms with Gasteiger partial charge in [0.15, 0.2) is 0 Å². The number of carbonyl (C=O) groups is 2. The molecule has 1 aromatic carbocycles. The van der Waals surface area contributed by atoms with Crippen molar-refractivity contribution in [1.82, 2.24) is 0 Å². The first-order chi connectivity index (χ1) is 9.00. The Labute approximate surface area is 122 Å². The first kappa shape index (κ1) is 17.7. The lowest BCUT2D eigenvalue weighted by Gasteiger charge is -2.03. The predicted octanol–water partition coefficient (Wildman–Crippen LogP) is 2.82. The van der Waals surface area contributed by atoms with E-state index in [2.05, 4.69) is 6.58 Å². The Hall–Kier alpha value is -2.27. The molecule has 1 aromatic rings. The summed E-state index contributed by atoms with van der Waals surface area (Å²) in [6.45, 7) is 5.19. The van der Waals surface area contributed by atoms with Crippen molar-refractivity contribution in [3.05, 3.63) is 54.3 Å². The molecule has 108 valence electrons. The predicted molar refractivity (Wildman–Crippen MR) is 76.2 cm³/mol. The number of benzene rings is 1. The summed E-state index contributed by atoms with van der Waals surface area (Å²) in [7, 11) is 0. The number of hydrogen-bond donors (Lipinski definition) is 1. The average Bonchev–Trinajstić information content (AvgIpc) is 2.38. The van der Waals surface area contributed by atoms with Crippen molar-refractivity contribution in [2.45, 2.75) is 6.92 Å². The summed E-state index contributed by atoms with van der Waals surface area (Å²) >= 11 is 0. The lowest BCUT2D eigenvalue weighted by Crippen LogP contribution is -2.00. The molecule has 0 saturated heterocycles. The summed E-state index contributed by atoms with van der Waals surface area (Å²) in [6, 6.07) is 6.00. The molecule has 0 fully saturated rings. The van der Waals surface area contributed by atoms with Crippen LogP contribution >= 0.6 is 12.4 Å². The zero-order chi connectivity index (χ0) is 14.3. The molecule has 5 nitrogen and oxygen atoms in total. The Kier molecular flexibility index (Phi) is 7.77. The van der Waals surface area contributed by atoms with E-state index in [1.54, 1.807) is 19.1 Å². The van der Waals surface area contributed by atoms with Gasteiger partial charge in [-0.3, -0.25) is 0 Å². The summed E-state index contributed by atoms with van der Waals surface area (Å²) < 4.78 is 10.0. The van der Waals surface area contributed by atoms with Crippen LogP contribution in [0.3, 0.4) is 0 Å². The molecule has 0 aromatic heterocycles. The normalized spacial score (nSPS) is 9.65. The van der Waals surface area contributed by atoms with E-state index in [1.807, 2.05) is 0 Å². The van der Waals surface area contributed by atoms with Crippen molar-refractivity contribution in [3.63, 3.8) is 0 Å². The standard InChI is InChI=1S/C14H14O5.ClH/c1-10(2)14(17)19-9-3-8-18-12-6-4-11(5-7-12)13(15)16;/h3-7,9H,1,8H2,2H3,(H,15,16);1H. The van der Waals surface area contributed by atoms with Crippen LogP contribution in [0.25, 0.3) is 0 Å². The number of ether oxygens (including phenoxy) is 2. The van der Waals surface area contributed by atoms with Gasteiger partial charge in [-0.2, -0.15) is 0 Å². The van der Waals surface area contributed by atoms with Gasteiger partial charge in [0.25, 0.3) is 0 Å². The highest BCUT2D eigenvalue weighted by Gasteiger charge is 2.01. The molecule has 0 aliphatic heterocycles. The van der Waals surface area contributed by atoms with Crippen LogP contribution in [0.4, 0.5) is 0 Å². The van der Waals surface area contributed by atoms with Gasteiger partial charge in [-0.05, 0) is 37.3 Å². The zero-order valence-electron chi connectivity index (χ0n) is 10.9. The van der Waals surface area contributed by atoms with Crippen LogP contribution in [0.15, 0.2) is 48.8 Å². The smallest absolute Gasteiger partial charge is 0.337 e. The number of carboxylic acid groups (broad SMARTS) is 1. The van der Waals surface area contributed by atoms with E-state index in [4.69, 9.17) is 14.6 Å². The number of esters is 1. The van der Waals surface area contributed by atoms with Crippen LogP contribution < -0.4 is 4.74 Å². The first-order valence-corrected chi connectivity index (χ1v) is 5.48. The lowest BCUT2D eigenvalue weighted by molar-refractivity contribution is -0.133. The molecular weight excluding hydrogens is 284 g/mol. The molecule has 1 rings (SSSR count). The van der Waals surface area contributed by atoms with E-state index in [1.165, 1.54) is 24.5 Å². The van der Waals surface area contributed by atoms with Gasteiger partial charge in [-0.1, -0.05) is 6.58 Å². The van der Waals surface area contributed by atoms with E-state index >= 15 is 0 Å². The van der Waals surface area contributed by atoms with Crippen LogP contribution in [0, 0.1) is 0 Å². The van der Waals surface area contributed by atoms with E-state index in [-0.39, 0.29) is 24.6 Å².